The lowest BCUT2D eigenvalue weighted by Crippen LogP contribution is -2.42. The van der Waals surface area contributed by atoms with Crippen LogP contribution in [0.25, 0.3) is 0 Å². The first-order valence-corrected chi connectivity index (χ1v) is 7.34. The summed E-state index contributed by atoms with van der Waals surface area (Å²) in [5.74, 6) is 0.607. The summed E-state index contributed by atoms with van der Waals surface area (Å²) in [6, 6.07) is 4.99. The van der Waals surface area contributed by atoms with Gasteiger partial charge in [-0.1, -0.05) is 26.0 Å². The molecule has 0 radical (unpaired) electrons. The van der Waals surface area contributed by atoms with E-state index in [-0.39, 0.29) is 0 Å². The summed E-state index contributed by atoms with van der Waals surface area (Å²) in [7, 11) is 2.19. The van der Waals surface area contributed by atoms with Crippen molar-refractivity contribution in [3.05, 3.63) is 34.4 Å². The van der Waals surface area contributed by atoms with E-state index < -0.39 is 0 Å². The molecule has 108 valence electrons. The highest BCUT2D eigenvalue weighted by atomic mass is 15.1. The smallest absolute Gasteiger partial charge is 0.0238 e. The normalized spacial score (nSPS) is 13.3. The van der Waals surface area contributed by atoms with E-state index in [2.05, 4.69) is 58.7 Å². The molecule has 0 amide bonds. The van der Waals surface area contributed by atoms with Crippen LogP contribution in [0.1, 0.15) is 36.1 Å². The van der Waals surface area contributed by atoms with E-state index in [9.17, 15) is 0 Å². The van der Waals surface area contributed by atoms with E-state index >= 15 is 0 Å². The third-order valence-electron chi connectivity index (χ3n) is 4.48. The molecule has 1 rings (SSSR count). The number of nitrogens with two attached hydrogens (primary N) is 1. The Bertz CT molecular complexity index is 410. The standard InChI is InChI=1S/C17H30N2/c1-12(2)17(11-18)19(6)10-9-16-8-7-13(3)14(4)15(16)5/h7-8,12,17H,9-11,18H2,1-6H3. The van der Waals surface area contributed by atoms with E-state index in [0.29, 0.717) is 12.0 Å². The van der Waals surface area contributed by atoms with Gasteiger partial charge in [0.1, 0.15) is 0 Å². The predicted molar refractivity (Wildman–Crippen MR) is 84.7 cm³/mol. The molecule has 0 aliphatic heterocycles. The fourth-order valence-corrected chi connectivity index (χ4v) is 2.71. The number of nitrogens with zero attached hydrogens (tertiary/aromatic N) is 1. The number of hydrogen-bond acceptors (Lipinski definition) is 2. The van der Waals surface area contributed by atoms with Crippen LogP contribution in [0.2, 0.25) is 0 Å². The van der Waals surface area contributed by atoms with Crippen LogP contribution in [0.3, 0.4) is 0 Å². The summed E-state index contributed by atoms with van der Waals surface area (Å²) in [5, 5.41) is 0. The maximum atomic E-state index is 5.88. The lowest BCUT2D eigenvalue weighted by atomic mass is 9.96. The van der Waals surface area contributed by atoms with Gasteiger partial charge in [-0.15, -0.1) is 0 Å². The van der Waals surface area contributed by atoms with Gasteiger partial charge in [0.05, 0.1) is 0 Å². The minimum atomic E-state index is 0.479. The predicted octanol–water partition coefficient (Wildman–Crippen LogP) is 3.07. The van der Waals surface area contributed by atoms with Gasteiger partial charge in [-0.25, -0.2) is 0 Å². The van der Waals surface area contributed by atoms with Crippen LogP contribution in [0.5, 0.6) is 0 Å². The van der Waals surface area contributed by atoms with Crippen LogP contribution < -0.4 is 5.73 Å². The highest BCUT2D eigenvalue weighted by Gasteiger charge is 2.16. The Morgan fingerprint density at radius 3 is 2.26 bits per heavy atom. The second kappa shape index (κ2) is 7.06. The van der Waals surface area contributed by atoms with Crippen molar-refractivity contribution in [3.63, 3.8) is 0 Å². The first kappa shape index (κ1) is 16.2. The molecule has 0 aromatic heterocycles. The molecule has 1 atom stereocenters. The molecule has 0 heterocycles. The molecule has 0 saturated heterocycles. The third-order valence-corrected chi connectivity index (χ3v) is 4.48. The van der Waals surface area contributed by atoms with E-state index in [1.165, 1.54) is 22.3 Å². The molecule has 19 heavy (non-hydrogen) atoms. The second-order valence-corrected chi connectivity index (χ2v) is 6.07. The van der Waals surface area contributed by atoms with Gasteiger partial charge in [0.25, 0.3) is 0 Å². The summed E-state index contributed by atoms with van der Waals surface area (Å²) in [5.41, 5.74) is 11.6. The summed E-state index contributed by atoms with van der Waals surface area (Å²) in [4.78, 5) is 2.40. The van der Waals surface area contributed by atoms with Crippen LogP contribution in [0.15, 0.2) is 12.1 Å². The molecule has 2 nitrogen and oxygen atoms in total. The average molecular weight is 262 g/mol. The molecule has 0 spiro atoms. The van der Waals surface area contributed by atoms with Gasteiger partial charge in [-0.05, 0) is 62.4 Å². The summed E-state index contributed by atoms with van der Waals surface area (Å²) < 4.78 is 0. The van der Waals surface area contributed by atoms with Crippen LogP contribution in [0.4, 0.5) is 0 Å². The highest BCUT2D eigenvalue weighted by Crippen LogP contribution is 2.18. The Morgan fingerprint density at radius 2 is 1.74 bits per heavy atom. The number of rotatable bonds is 6. The van der Waals surface area contributed by atoms with Crippen LogP contribution in [0, 0.1) is 26.7 Å². The quantitative estimate of drug-likeness (QED) is 0.853. The summed E-state index contributed by atoms with van der Waals surface area (Å²) >= 11 is 0. The average Bonchev–Trinajstić information content (AvgIpc) is 2.35. The van der Waals surface area contributed by atoms with Crippen molar-refractivity contribution in [1.29, 1.82) is 0 Å². The van der Waals surface area contributed by atoms with Crippen molar-refractivity contribution in [3.8, 4) is 0 Å². The van der Waals surface area contributed by atoms with Gasteiger partial charge >= 0.3 is 0 Å². The Labute approximate surface area is 119 Å². The zero-order chi connectivity index (χ0) is 14.6. The Morgan fingerprint density at radius 1 is 1.11 bits per heavy atom. The summed E-state index contributed by atoms with van der Waals surface area (Å²) in [6.07, 6.45) is 1.10. The fraction of sp³-hybridized carbons (Fsp3) is 0.647. The first-order chi connectivity index (χ1) is 8.88. The molecule has 0 fully saturated rings. The summed E-state index contributed by atoms with van der Waals surface area (Å²) in [6.45, 7) is 12.9. The molecule has 1 aromatic carbocycles. The Kier molecular flexibility index (Phi) is 6.02. The topological polar surface area (TPSA) is 29.3 Å². The van der Waals surface area contributed by atoms with Gasteiger partial charge in [-0.3, -0.25) is 0 Å². The van der Waals surface area contributed by atoms with Crippen LogP contribution in [-0.4, -0.2) is 31.1 Å². The van der Waals surface area contributed by atoms with E-state index in [1.807, 2.05) is 0 Å². The minimum Gasteiger partial charge on any atom is -0.329 e. The van der Waals surface area contributed by atoms with Crippen molar-refractivity contribution in [1.82, 2.24) is 4.90 Å². The van der Waals surface area contributed by atoms with Crippen molar-refractivity contribution >= 4 is 0 Å². The molecule has 0 aliphatic rings. The zero-order valence-electron chi connectivity index (χ0n) is 13.5. The number of aryl methyl sites for hydroxylation is 1. The third kappa shape index (κ3) is 4.05. The highest BCUT2D eigenvalue weighted by molar-refractivity contribution is 5.38. The van der Waals surface area contributed by atoms with Crippen molar-refractivity contribution in [2.45, 2.75) is 47.1 Å². The molecule has 0 saturated carbocycles. The van der Waals surface area contributed by atoms with Crippen LogP contribution in [-0.2, 0) is 6.42 Å². The van der Waals surface area contributed by atoms with E-state index in [0.717, 1.165) is 19.5 Å². The minimum absolute atomic E-state index is 0.479. The molecular formula is C17H30N2. The van der Waals surface area contributed by atoms with Crippen molar-refractivity contribution in [2.75, 3.05) is 20.1 Å². The van der Waals surface area contributed by atoms with Gasteiger partial charge in [0.15, 0.2) is 0 Å². The maximum absolute atomic E-state index is 5.88. The van der Waals surface area contributed by atoms with Crippen molar-refractivity contribution in [2.24, 2.45) is 11.7 Å². The molecule has 0 aliphatic carbocycles. The van der Waals surface area contributed by atoms with Crippen LogP contribution >= 0.6 is 0 Å². The second-order valence-electron chi connectivity index (χ2n) is 6.07. The Balaban J connectivity index is 2.69. The van der Waals surface area contributed by atoms with Gasteiger partial charge in [-0.2, -0.15) is 0 Å². The van der Waals surface area contributed by atoms with E-state index in [4.69, 9.17) is 5.73 Å². The van der Waals surface area contributed by atoms with Crippen molar-refractivity contribution < 1.29 is 0 Å². The monoisotopic (exact) mass is 262 g/mol. The SMILES string of the molecule is Cc1ccc(CCN(C)C(CN)C(C)C)c(C)c1C. The van der Waals surface area contributed by atoms with Gasteiger partial charge in [0, 0.05) is 19.1 Å². The number of likely N-dealkylation sites (N-methyl/N-ethyl adjacent to an activating group) is 1. The van der Waals surface area contributed by atoms with E-state index in [1.54, 1.807) is 0 Å². The molecule has 1 unspecified atom stereocenters. The lowest BCUT2D eigenvalue weighted by Gasteiger charge is -2.30. The molecule has 2 heteroatoms. The lowest BCUT2D eigenvalue weighted by molar-refractivity contribution is 0.199. The Hall–Kier alpha value is -0.860. The maximum Gasteiger partial charge on any atom is 0.0238 e. The molecule has 1 aromatic rings. The molecular weight excluding hydrogens is 232 g/mol. The van der Waals surface area contributed by atoms with Gasteiger partial charge in [0.2, 0.25) is 0 Å². The fourth-order valence-electron chi connectivity index (χ4n) is 2.71. The van der Waals surface area contributed by atoms with Gasteiger partial charge < -0.3 is 10.6 Å². The number of benzene rings is 1. The first-order valence-electron chi connectivity index (χ1n) is 7.34. The largest absolute Gasteiger partial charge is 0.329 e. The number of hydrogen-bond donors (Lipinski definition) is 1. The zero-order valence-corrected chi connectivity index (χ0v) is 13.5. The molecule has 0 bridgehead atoms. The molecule has 2 N–H and O–H groups in total.